The number of carbonyl (C=O) groups excluding carboxylic acids is 4. The molecule has 0 radical (unpaired) electrons. The van der Waals surface area contributed by atoms with E-state index in [0.29, 0.717) is 32.2 Å². The van der Waals surface area contributed by atoms with Crippen LogP contribution in [0.25, 0.3) is 0 Å². The number of nitrogens with two attached hydrogens (primary N) is 2. The minimum absolute atomic E-state index is 0.0325. The van der Waals surface area contributed by atoms with Crippen molar-refractivity contribution in [3.05, 3.63) is 0 Å². The predicted octanol–water partition coefficient (Wildman–Crippen LogP) is -0.947. The topological polar surface area (TPSA) is 243 Å². The fraction of sp³-hybridized carbons (Fsp3) is 0.760. The van der Waals surface area contributed by atoms with E-state index in [1.807, 2.05) is 13.8 Å². The second-order valence-corrected chi connectivity index (χ2v) is 10.2. The van der Waals surface area contributed by atoms with Crippen LogP contribution in [0.2, 0.25) is 0 Å². The number of carboxylic acid groups (broad SMARTS) is 2. The van der Waals surface area contributed by atoms with Crippen LogP contribution in [0, 0.1) is 11.8 Å². The third-order valence-corrected chi connectivity index (χ3v) is 6.18. The summed E-state index contributed by atoms with van der Waals surface area (Å²) in [5.74, 6) is -6.03. The second-order valence-electron chi connectivity index (χ2n) is 10.2. The van der Waals surface area contributed by atoms with Gasteiger partial charge in [0.15, 0.2) is 0 Å². The Morgan fingerprint density at radius 3 is 1.85 bits per heavy atom. The third kappa shape index (κ3) is 13.9. The molecular weight excluding hydrogens is 512 g/mol. The smallest absolute Gasteiger partial charge is 0.326 e. The van der Waals surface area contributed by atoms with Gasteiger partial charge in [-0.15, -0.1) is 0 Å². The van der Waals surface area contributed by atoms with Crippen molar-refractivity contribution >= 4 is 35.6 Å². The van der Waals surface area contributed by atoms with Gasteiger partial charge in [-0.05, 0) is 44.6 Å². The number of hydrogen-bond acceptors (Lipinski definition) is 8. The molecule has 0 rings (SSSR count). The van der Waals surface area contributed by atoms with E-state index in [2.05, 4.69) is 21.3 Å². The van der Waals surface area contributed by atoms with Gasteiger partial charge in [0.25, 0.3) is 0 Å². The maximum atomic E-state index is 13.0. The molecule has 0 fully saturated rings. The molecule has 0 aliphatic rings. The lowest BCUT2D eigenvalue weighted by molar-refractivity contribution is -0.147. The molecule has 0 aliphatic carbocycles. The van der Waals surface area contributed by atoms with Crippen molar-refractivity contribution in [3.63, 3.8) is 0 Å². The van der Waals surface area contributed by atoms with Crippen molar-refractivity contribution in [2.45, 2.75) is 103 Å². The minimum atomic E-state index is -1.68. The summed E-state index contributed by atoms with van der Waals surface area (Å²) >= 11 is 0. The van der Waals surface area contributed by atoms with E-state index in [1.54, 1.807) is 13.8 Å². The largest absolute Gasteiger partial charge is 0.481 e. The van der Waals surface area contributed by atoms with Crippen LogP contribution in [-0.4, -0.2) is 82.5 Å². The van der Waals surface area contributed by atoms with Gasteiger partial charge in [0.2, 0.25) is 23.6 Å². The van der Waals surface area contributed by atoms with Gasteiger partial charge in [0.1, 0.15) is 24.2 Å². The van der Waals surface area contributed by atoms with E-state index in [9.17, 15) is 33.9 Å². The number of carboxylic acids is 2. The summed E-state index contributed by atoms with van der Waals surface area (Å²) < 4.78 is 0. The number of carbonyl (C=O) groups is 6. The van der Waals surface area contributed by atoms with Gasteiger partial charge in [0, 0.05) is 0 Å². The maximum absolute atomic E-state index is 13.0. The van der Waals surface area contributed by atoms with Gasteiger partial charge in [-0.25, -0.2) is 4.79 Å². The molecule has 0 aromatic heterocycles. The van der Waals surface area contributed by atoms with Gasteiger partial charge in [-0.3, -0.25) is 24.0 Å². The average Bonchev–Trinajstić information content (AvgIpc) is 2.84. The first-order chi connectivity index (χ1) is 18.1. The molecule has 0 aromatic carbocycles. The molecule has 0 bridgehead atoms. The Bertz CT molecular complexity index is 852. The van der Waals surface area contributed by atoms with Crippen molar-refractivity contribution in [1.82, 2.24) is 21.3 Å². The van der Waals surface area contributed by atoms with Gasteiger partial charge < -0.3 is 42.9 Å². The number of unbranched alkanes of at least 4 members (excludes halogenated alkanes) is 1. The highest BCUT2D eigenvalue weighted by atomic mass is 16.4. The number of rotatable bonds is 19. The molecule has 0 aliphatic heterocycles. The first-order valence-electron chi connectivity index (χ1n) is 13.3. The first kappa shape index (κ1) is 35.7. The number of hydrogen-bond donors (Lipinski definition) is 8. The molecule has 14 heteroatoms. The summed E-state index contributed by atoms with van der Waals surface area (Å²) in [7, 11) is 0. The van der Waals surface area contributed by atoms with Crippen LogP contribution in [0.3, 0.4) is 0 Å². The molecule has 39 heavy (non-hydrogen) atoms. The zero-order valence-corrected chi connectivity index (χ0v) is 23.5. The zero-order chi connectivity index (χ0) is 30.3. The van der Waals surface area contributed by atoms with Crippen molar-refractivity contribution in [1.29, 1.82) is 0 Å². The molecule has 0 unspecified atom stereocenters. The Morgan fingerprint density at radius 1 is 0.769 bits per heavy atom. The van der Waals surface area contributed by atoms with Gasteiger partial charge >= 0.3 is 11.9 Å². The Hall–Kier alpha value is -3.26. The van der Waals surface area contributed by atoms with Gasteiger partial charge in [-0.1, -0.05) is 40.5 Å². The Labute approximate surface area is 229 Å². The highest BCUT2D eigenvalue weighted by molar-refractivity contribution is 5.95. The fourth-order valence-corrected chi connectivity index (χ4v) is 3.62. The molecule has 0 aromatic rings. The summed E-state index contributed by atoms with van der Waals surface area (Å²) in [6.45, 7) is 9.03. The number of nitrogens with one attached hydrogen (secondary N) is 4. The van der Waals surface area contributed by atoms with Crippen molar-refractivity contribution in [2.75, 3.05) is 6.54 Å². The fourth-order valence-electron chi connectivity index (χ4n) is 3.62. The lowest BCUT2D eigenvalue weighted by Crippen LogP contribution is -2.59. The first-order valence-corrected chi connectivity index (χ1v) is 13.3. The maximum Gasteiger partial charge on any atom is 0.326 e. The predicted molar refractivity (Wildman–Crippen MR) is 143 cm³/mol. The SMILES string of the molecule is CC[C@H](C)[C@H](NC(=O)[C@H](C)NC(=O)[C@H](CC(C)C)NC(=O)[C@@H](N)CCCCN)C(=O)N[C@@H](CC(=O)O)C(=O)O. The molecule has 4 amide bonds. The molecule has 14 nitrogen and oxygen atoms in total. The summed E-state index contributed by atoms with van der Waals surface area (Å²) in [4.78, 5) is 73.5. The Kier molecular flexibility index (Phi) is 16.6. The highest BCUT2D eigenvalue weighted by Gasteiger charge is 2.33. The van der Waals surface area contributed by atoms with Crippen molar-refractivity contribution < 1.29 is 39.0 Å². The summed E-state index contributed by atoms with van der Waals surface area (Å²) in [5, 5.41) is 28.0. The standard InChI is InChI=1S/C25H46N6O8/c1-6-14(4)20(24(37)30-18(25(38)39)12-19(32)33)31-21(34)15(5)28-23(36)17(11-13(2)3)29-22(35)16(27)9-7-8-10-26/h13-18,20H,6-12,26-27H2,1-5H3,(H,28,36)(H,29,35)(H,30,37)(H,31,34)(H,32,33)(H,38,39)/t14-,15-,16-,17-,18-,20-/m0/s1. The molecule has 0 saturated heterocycles. The van der Waals surface area contributed by atoms with E-state index in [1.165, 1.54) is 6.92 Å². The highest BCUT2D eigenvalue weighted by Crippen LogP contribution is 2.10. The van der Waals surface area contributed by atoms with Crippen LogP contribution in [0.4, 0.5) is 0 Å². The lowest BCUT2D eigenvalue weighted by Gasteiger charge is -2.27. The van der Waals surface area contributed by atoms with Crippen LogP contribution in [0.5, 0.6) is 0 Å². The van der Waals surface area contributed by atoms with Crippen LogP contribution >= 0.6 is 0 Å². The summed E-state index contributed by atoms with van der Waals surface area (Å²) in [6, 6.07) is -5.75. The average molecular weight is 559 g/mol. The molecule has 0 saturated carbocycles. The zero-order valence-electron chi connectivity index (χ0n) is 23.5. The number of amides is 4. The Balaban J connectivity index is 5.42. The quantitative estimate of drug-likeness (QED) is 0.0903. The van der Waals surface area contributed by atoms with E-state index in [4.69, 9.17) is 16.6 Å². The van der Waals surface area contributed by atoms with E-state index >= 15 is 0 Å². The Morgan fingerprint density at radius 2 is 1.36 bits per heavy atom. The molecular formula is C25H46N6O8. The van der Waals surface area contributed by atoms with E-state index < -0.39 is 78.1 Å². The van der Waals surface area contributed by atoms with Crippen LogP contribution in [-0.2, 0) is 28.8 Å². The summed E-state index contributed by atoms with van der Waals surface area (Å²) in [5.41, 5.74) is 11.4. The molecule has 6 atom stereocenters. The third-order valence-electron chi connectivity index (χ3n) is 6.18. The number of aliphatic carboxylic acids is 2. The van der Waals surface area contributed by atoms with Gasteiger partial charge in [-0.2, -0.15) is 0 Å². The molecule has 10 N–H and O–H groups in total. The van der Waals surface area contributed by atoms with Crippen LogP contribution in [0.15, 0.2) is 0 Å². The van der Waals surface area contributed by atoms with E-state index in [-0.39, 0.29) is 5.92 Å². The monoisotopic (exact) mass is 558 g/mol. The van der Waals surface area contributed by atoms with Gasteiger partial charge in [0.05, 0.1) is 12.5 Å². The van der Waals surface area contributed by atoms with Crippen LogP contribution < -0.4 is 32.7 Å². The second kappa shape index (κ2) is 18.1. The normalized spacial score (nSPS) is 15.7. The molecule has 0 heterocycles. The van der Waals surface area contributed by atoms with Crippen molar-refractivity contribution in [2.24, 2.45) is 23.3 Å². The van der Waals surface area contributed by atoms with Crippen LogP contribution in [0.1, 0.15) is 73.1 Å². The van der Waals surface area contributed by atoms with E-state index in [0.717, 1.165) is 6.42 Å². The molecule has 224 valence electrons. The summed E-state index contributed by atoms with van der Waals surface area (Å²) in [6.07, 6.45) is 1.68. The lowest BCUT2D eigenvalue weighted by atomic mass is 9.97. The molecule has 0 spiro atoms. The minimum Gasteiger partial charge on any atom is -0.481 e. The van der Waals surface area contributed by atoms with Crippen molar-refractivity contribution in [3.8, 4) is 0 Å².